The molecule has 0 amide bonds. The van der Waals surface area contributed by atoms with Crippen molar-refractivity contribution >= 4 is 5.97 Å². The van der Waals surface area contributed by atoms with Crippen molar-refractivity contribution in [2.24, 2.45) is 5.41 Å². The fraction of sp³-hybridized carbons (Fsp3) is 0.857. The molecule has 2 unspecified atom stereocenters. The summed E-state index contributed by atoms with van der Waals surface area (Å²) in [6, 6.07) is 0. The van der Waals surface area contributed by atoms with E-state index in [9.17, 15) is 4.79 Å². The standard InChI is InChI=1S/C7H12O4/c1-3-11-6(10)7(2)4(8)5(7)9/h4-5,8-9H,3H2,1-2H3. The van der Waals surface area contributed by atoms with Gasteiger partial charge in [-0.15, -0.1) is 0 Å². The van der Waals surface area contributed by atoms with E-state index in [0.29, 0.717) is 0 Å². The maximum atomic E-state index is 11.0. The van der Waals surface area contributed by atoms with Gasteiger partial charge in [0.2, 0.25) is 0 Å². The van der Waals surface area contributed by atoms with E-state index in [2.05, 4.69) is 4.74 Å². The summed E-state index contributed by atoms with van der Waals surface area (Å²) >= 11 is 0. The Morgan fingerprint density at radius 3 is 2.27 bits per heavy atom. The van der Waals surface area contributed by atoms with Crippen molar-refractivity contribution in [2.45, 2.75) is 26.1 Å². The van der Waals surface area contributed by atoms with Gasteiger partial charge in [0.15, 0.2) is 0 Å². The number of carbonyl (C=O) groups is 1. The average molecular weight is 160 g/mol. The molecule has 64 valence electrons. The Balaban J connectivity index is 2.55. The Morgan fingerprint density at radius 1 is 1.55 bits per heavy atom. The zero-order valence-electron chi connectivity index (χ0n) is 6.57. The summed E-state index contributed by atoms with van der Waals surface area (Å²) in [6.45, 7) is 3.44. The minimum atomic E-state index is -1.07. The van der Waals surface area contributed by atoms with Crippen molar-refractivity contribution in [3.63, 3.8) is 0 Å². The van der Waals surface area contributed by atoms with Crippen molar-refractivity contribution in [3.8, 4) is 0 Å². The summed E-state index contributed by atoms with van der Waals surface area (Å²) in [5, 5.41) is 18.0. The molecule has 0 bridgehead atoms. The summed E-state index contributed by atoms with van der Waals surface area (Å²) in [7, 11) is 0. The van der Waals surface area contributed by atoms with Crippen LogP contribution >= 0.6 is 0 Å². The van der Waals surface area contributed by atoms with Gasteiger partial charge in [0.25, 0.3) is 0 Å². The third-order valence-electron chi connectivity index (χ3n) is 2.13. The molecule has 0 radical (unpaired) electrons. The van der Waals surface area contributed by atoms with E-state index < -0.39 is 23.6 Å². The van der Waals surface area contributed by atoms with Crippen LogP contribution in [0.3, 0.4) is 0 Å². The van der Waals surface area contributed by atoms with Crippen molar-refractivity contribution in [1.82, 2.24) is 0 Å². The van der Waals surface area contributed by atoms with Crippen LogP contribution in [0.25, 0.3) is 0 Å². The van der Waals surface area contributed by atoms with E-state index in [1.54, 1.807) is 6.92 Å². The van der Waals surface area contributed by atoms with Crippen molar-refractivity contribution in [1.29, 1.82) is 0 Å². The maximum absolute atomic E-state index is 11.0. The summed E-state index contributed by atoms with van der Waals surface area (Å²) in [4.78, 5) is 11.0. The lowest BCUT2D eigenvalue weighted by Crippen LogP contribution is -2.21. The molecular weight excluding hydrogens is 148 g/mol. The lowest BCUT2D eigenvalue weighted by Gasteiger charge is -2.06. The van der Waals surface area contributed by atoms with Gasteiger partial charge >= 0.3 is 5.97 Å². The normalized spacial score (nSPS) is 41.8. The summed E-state index contributed by atoms with van der Waals surface area (Å²) < 4.78 is 4.65. The Morgan fingerprint density at radius 2 is 2.00 bits per heavy atom. The monoisotopic (exact) mass is 160 g/mol. The molecule has 11 heavy (non-hydrogen) atoms. The zero-order valence-corrected chi connectivity index (χ0v) is 6.57. The molecule has 4 nitrogen and oxygen atoms in total. The van der Waals surface area contributed by atoms with E-state index in [1.807, 2.05) is 0 Å². The van der Waals surface area contributed by atoms with E-state index in [1.165, 1.54) is 6.92 Å². The number of aliphatic hydroxyl groups excluding tert-OH is 2. The molecule has 0 aromatic carbocycles. The van der Waals surface area contributed by atoms with E-state index in [-0.39, 0.29) is 6.61 Å². The van der Waals surface area contributed by atoms with Gasteiger partial charge in [0.1, 0.15) is 5.41 Å². The Bertz CT molecular complexity index is 169. The molecule has 2 N–H and O–H groups in total. The molecule has 1 aliphatic rings. The molecule has 0 heterocycles. The molecule has 1 fully saturated rings. The number of hydrogen-bond donors (Lipinski definition) is 2. The van der Waals surface area contributed by atoms with Gasteiger partial charge < -0.3 is 14.9 Å². The SMILES string of the molecule is CCOC(=O)C1(C)C(O)C1O. The molecule has 4 heteroatoms. The molecule has 0 aromatic rings. The second-order valence-electron chi connectivity index (χ2n) is 2.89. The number of carbonyl (C=O) groups excluding carboxylic acids is 1. The molecule has 0 aliphatic heterocycles. The molecular formula is C7H12O4. The van der Waals surface area contributed by atoms with Crippen LogP contribution in [0.5, 0.6) is 0 Å². The minimum absolute atomic E-state index is 0.272. The van der Waals surface area contributed by atoms with Gasteiger partial charge in [-0.3, -0.25) is 4.79 Å². The van der Waals surface area contributed by atoms with Gasteiger partial charge in [-0.1, -0.05) is 0 Å². The van der Waals surface area contributed by atoms with Crippen LogP contribution in [-0.2, 0) is 9.53 Å². The van der Waals surface area contributed by atoms with E-state index >= 15 is 0 Å². The molecule has 2 atom stereocenters. The van der Waals surface area contributed by atoms with Gasteiger partial charge in [-0.2, -0.15) is 0 Å². The van der Waals surface area contributed by atoms with Crippen LogP contribution < -0.4 is 0 Å². The Hall–Kier alpha value is -0.610. The summed E-state index contributed by atoms with van der Waals surface area (Å²) in [5.41, 5.74) is -1.07. The second kappa shape index (κ2) is 2.46. The Labute approximate surface area is 64.8 Å². The highest BCUT2D eigenvalue weighted by molar-refractivity contribution is 5.82. The summed E-state index contributed by atoms with van der Waals surface area (Å²) in [5.74, 6) is -0.528. The third-order valence-corrected chi connectivity index (χ3v) is 2.13. The van der Waals surface area contributed by atoms with E-state index in [4.69, 9.17) is 10.2 Å². The first-order valence-corrected chi connectivity index (χ1v) is 3.58. The fourth-order valence-corrected chi connectivity index (χ4v) is 0.996. The van der Waals surface area contributed by atoms with Crippen molar-refractivity contribution in [2.75, 3.05) is 6.61 Å². The first-order chi connectivity index (χ1) is 5.05. The number of hydrogen-bond acceptors (Lipinski definition) is 4. The highest BCUT2D eigenvalue weighted by Crippen LogP contribution is 2.46. The average Bonchev–Trinajstić information content (AvgIpc) is 2.43. The topological polar surface area (TPSA) is 66.8 Å². The quantitative estimate of drug-likeness (QED) is 0.524. The lowest BCUT2D eigenvalue weighted by atomic mass is 10.1. The van der Waals surface area contributed by atoms with Crippen LogP contribution in [0.2, 0.25) is 0 Å². The zero-order chi connectivity index (χ0) is 8.65. The third kappa shape index (κ3) is 1.02. The lowest BCUT2D eigenvalue weighted by molar-refractivity contribution is -0.151. The highest BCUT2D eigenvalue weighted by atomic mass is 16.5. The molecule has 0 spiro atoms. The molecule has 0 aromatic heterocycles. The highest BCUT2D eigenvalue weighted by Gasteiger charge is 2.67. The van der Waals surface area contributed by atoms with Gasteiger partial charge in [-0.25, -0.2) is 0 Å². The second-order valence-corrected chi connectivity index (χ2v) is 2.89. The van der Waals surface area contributed by atoms with Crippen LogP contribution in [0, 0.1) is 5.41 Å². The molecule has 1 aliphatic carbocycles. The number of rotatable bonds is 2. The molecule has 1 saturated carbocycles. The van der Waals surface area contributed by atoms with Crippen molar-refractivity contribution < 1.29 is 19.7 Å². The fourth-order valence-electron chi connectivity index (χ4n) is 0.996. The van der Waals surface area contributed by atoms with Crippen LogP contribution in [0.4, 0.5) is 0 Å². The molecule has 1 rings (SSSR count). The smallest absolute Gasteiger partial charge is 0.317 e. The minimum Gasteiger partial charge on any atom is -0.465 e. The number of aliphatic hydroxyl groups is 2. The Kier molecular flexibility index (Phi) is 1.90. The van der Waals surface area contributed by atoms with Gasteiger partial charge in [0, 0.05) is 0 Å². The van der Waals surface area contributed by atoms with Gasteiger partial charge in [0.05, 0.1) is 18.8 Å². The first-order valence-electron chi connectivity index (χ1n) is 3.58. The maximum Gasteiger partial charge on any atom is 0.317 e. The van der Waals surface area contributed by atoms with E-state index in [0.717, 1.165) is 0 Å². The first kappa shape index (κ1) is 8.49. The van der Waals surface area contributed by atoms with Crippen LogP contribution in [0.1, 0.15) is 13.8 Å². The van der Waals surface area contributed by atoms with Crippen LogP contribution in [0.15, 0.2) is 0 Å². The van der Waals surface area contributed by atoms with Gasteiger partial charge in [-0.05, 0) is 13.8 Å². The number of ether oxygens (including phenoxy) is 1. The van der Waals surface area contributed by atoms with Crippen molar-refractivity contribution in [3.05, 3.63) is 0 Å². The molecule has 0 saturated heterocycles. The largest absolute Gasteiger partial charge is 0.465 e. The predicted octanol–water partition coefficient (Wildman–Crippen LogP) is -0.709. The number of esters is 1. The predicted molar refractivity (Wildman–Crippen MR) is 36.8 cm³/mol. The van der Waals surface area contributed by atoms with Crippen LogP contribution in [-0.4, -0.2) is 35.0 Å². The summed E-state index contributed by atoms with van der Waals surface area (Å²) in [6.07, 6.45) is -1.91.